The summed E-state index contributed by atoms with van der Waals surface area (Å²) in [7, 11) is 0. The lowest BCUT2D eigenvalue weighted by Crippen LogP contribution is -2.40. The second-order valence-electron chi connectivity index (χ2n) is 4.39. The molecule has 1 fully saturated rings. The molecule has 0 saturated carbocycles. The van der Waals surface area contributed by atoms with E-state index in [9.17, 15) is 9.90 Å². The summed E-state index contributed by atoms with van der Waals surface area (Å²) in [5.74, 6) is 0.365. The molecular weight excluding hydrogens is 216 g/mol. The van der Waals surface area contributed by atoms with Gasteiger partial charge in [0.25, 0.3) is 0 Å². The van der Waals surface area contributed by atoms with Crippen LogP contribution >= 0.6 is 0 Å². The fourth-order valence-corrected chi connectivity index (χ4v) is 2.06. The van der Waals surface area contributed by atoms with E-state index >= 15 is 0 Å². The van der Waals surface area contributed by atoms with E-state index in [0.717, 1.165) is 31.5 Å². The molecule has 1 atom stereocenters. The normalized spacial score (nSPS) is 19.9. The van der Waals surface area contributed by atoms with E-state index in [1.807, 2.05) is 12.1 Å². The Morgan fingerprint density at radius 1 is 1.47 bits per heavy atom. The van der Waals surface area contributed by atoms with Crippen LogP contribution in [0.4, 0.5) is 0 Å². The van der Waals surface area contributed by atoms with Crippen molar-refractivity contribution in [1.82, 2.24) is 10.6 Å². The van der Waals surface area contributed by atoms with Gasteiger partial charge in [-0.15, -0.1) is 0 Å². The molecule has 4 heteroatoms. The maximum Gasteiger partial charge on any atom is 0.224 e. The fourth-order valence-electron chi connectivity index (χ4n) is 2.06. The molecule has 17 heavy (non-hydrogen) atoms. The summed E-state index contributed by atoms with van der Waals surface area (Å²) >= 11 is 0. The van der Waals surface area contributed by atoms with Crippen molar-refractivity contribution in [2.75, 3.05) is 13.1 Å². The van der Waals surface area contributed by atoms with Crippen molar-refractivity contribution in [2.24, 2.45) is 5.92 Å². The summed E-state index contributed by atoms with van der Waals surface area (Å²) in [6.45, 7) is 2.15. The van der Waals surface area contributed by atoms with E-state index in [0.29, 0.717) is 6.54 Å². The van der Waals surface area contributed by atoms with E-state index in [4.69, 9.17) is 0 Å². The average molecular weight is 234 g/mol. The van der Waals surface area contributed by atoms with Gasteiger partial charge in [0.15, 0.2) is 0 Å². The summed E-state index contributed by atoms with van der Waals surface area (Å²) in [6.07, 6.45) is 1.99. The molecule has 1 aliphatic heterocycles. The summed E-state index contributed by atoms with van der Waals surface area (Å²) in [5, 5.41) is 15.7. The van der Waals surface area contributed by atoms with Gasteiger partial charge in [0.05, 0.1) is 5.92 Å². The number of para-hydroxylation sites is 1. The van der Waals surface area contributed by atoms with Crippen LogP contribution in [0.1, 0.15) is 18.4 Å². The Hall–Kier alpha value is -1.55. The molecule has 92 valence electrons. The minimum atomic E-state index is 0.0644. The summed E-state index contributed by atoms with van der Waals surface area (Å²) in [5.41, 5.74) is 0.754. The number of carbonyl (C=O) groups is 1. The highest BCUT2D eigenvalue weighted by Gasteiger charge is 2.20. The van der Waals surface area contributed by atoms with Gasteiger partial charge >= 0.3 is 0 Å². The van der Waals surface area contributed by atoms with Crippen molar-refractivity contribution in [3.8, 4) is 5.75 Å². The quantitative estimate of drug-likeness (QED) is 0.731. The lowest BCUT2D eigenvalue weighted by atomic mass is 9.99. The van der Waals surface area contributed by atoms with Gasteiger partial charge in [-0.2, -0.15) is 0 Å². The van der Waals surface area contributed by atoms with E-state index in [1.54, 1.807) is 12.1 Å². The molecule has 0 aliphatic carbocycles. The van der Waals surface area contributed by atoms with Crippen molar-refractivity contribution >= 4 is 5.91 Å². The van der Waals surface area contributed by atoms with Crippen LogP contribution in [0.15, 0.2) is 24.3 Å². The smallest absolute Gasteiger partial charge is 0.224 e. The molecule has 1 saturated heterocycles. The van der Waals surface area contributed by atoms with Gasteiger partial charge in [-0.05, 0) is 25.5 Å². The predicted molar refractivity (Wildman–Crippen MR) is 65.5 cm³/mol. The number of rotatable bonds is 3. The molecule has 3 N–H and O–H groups in total. The Morgan fingerprint density at radius 2 is 2.29 bits per heavy atom. The van der Waals surface area contributed by atoms with Crippen LogP contribution in [-0.4, -0.2) is 24.1 Å². The van der Waals surface area contributed by atoms with Gasteiger partial charge in [0.2, 0.25) is 5.91 Å². The third kappa shape index (κ3) is 3.20. The first-order valence-corrected chi connectivity index (χ1v) is 6.02. The second kappa shape index (κ2) is 5.68. The number of hydrogen-bond acceptors (Lipinski definition) is 3. The van der Waals surface area contributed by atoms with E-state index in [-0.39, 0.29) is 17.6 Å². The Labute approximate surface area is 101 Å². The zero-order valence-corrected chi connectivity index (χ0v) is 9.78. The number of phenolic OH excluding ortho intramolecular Hbond substituents is 1. The summed E-state index contributed by atoms with van der Waals surface area (Å²) < 4.78 is 0. The van der Waals surface area contributed by atoms with E-state index in [1.165, 1.54) is 0 Å². The molecule has 0 bridgehead atoms. The third-order valence-electron chi connectivity index (χ3n) is 3.11. The van der Waals surface area contributed by atoms with Gasteiger partial charge in [-0.25, -0.2) is 0 Å². The molecule has 1 aliphatic rings. The van der Waals surface area contributed by atoms with Gasteiger partial charge in [0, 0.05) is 18.7 Å². The Balaban J connectivity index is 1.85. The summed E-state index contributed by atoms with van der Waals surface area (Å²) in [6, 6.07) is 7.06. The van der Waals surface area contributed by atoms with Crippen LogP contribution in [0.25, 0.3) is 0 Å². The average Bonchev–Trinajstić information content (AvgIpc) is 2.38. The van der Waals surface area contributed by atoms with Crippen LogP contribution in [0, 0.1) is 5.92 Å². The predicted octanol–water partition coefficient (Wildman–Crippen LogP) is 1.01. The van der Waals surface area contributed by atoms with Crippen molar-refractivity contribution in [2.45, 2.75) is 19.4 Å². The monoisotopic (exact) mass is 234 g/mol. The molecule has 1 heterocycles. The molecule has 0 unspecified atom stereocenters. The van der Waals surface area contributed by atoms with Gasteiger partial charge in [-0.3, -0.25) is 4.79 Å². The highest BCUT2D eigenvalue weighted by atomic mass is 16.3. The lowest BCUT2D eigenvalue weighted by Gasteiger charge is -2.21. The van der Waals surface area contributed by atoms with Crippen LogP contribution in [0.3, 0.4) is 0 Å². The first kappa shape index (κ1) is 11.9. The summed E-state index contributed by atoms with van der Waals surface area (Å²) in [4.78, 5) is 11.8. The Bertz CT molecular complexity index is 387. The van der Waals surface area contributed by atoms with Crippen LogP contribution < -0.4 is 10.6 Å². The van der Waals surface area contributed by atoms with Gasteiger partial charge < -0.3 is 15.7 Å². The molecule has 4 nitrogen and oxygen atoms in total. The molecule has 0 aromatic heterocycles. The maximum atomic E-state index is 11.8. The number of benzene rings is 1. The lowest BCUT2D eigenvalue weighted by molar-refractivity contribution is -0.125. The van der Waals surface area contributed by atoms with E-state index in [2.05, 4.69) is 10.6 Å². The number of aromatic hydroxyl groups is 1. The Morgan fingerprint density at radius 3 is 3.00 bits per heavy atom. The standard InChI is InChI=1S/C13H18N2O2/c16-12-6-2-1-4-10(12)9-15-13(17)11-5-3-7-14-8-11/h1-2,4,6,11,14,16H,3,5,7-9H2,(H,15,17)/t11-/m1/s1. The van der Waals surface area contributed by atoms with Gasteiger partial charge in [-0.1, -0.05) is 18.2 Å². The molecule has 1 amide bonds. The minimum absolute atomic E-state index is 0.0644. The first-order valence-electron chi connectivity index (χ1n) is 6.02. The fraction of sp³-hybridized carbons (Fsp3) is 0.462. The van der Waals surface area contributed by atoms with Crippen molar-refractivity contribution < 1.29 is 9.90 Å². The Kier molecular flexibility index (Phi) is 3.98. The molecule has 1 aromatic rings. The van der Waals surface area contributed by atoms with Crippen molar-refractivity contribution in [3.63, 3.8) is 0 Å². The number of piperidine rings is 1. The third-order valence-corrected chi connectivity index (χ3v) is 3.11. The van der Waals surface area contributed by atoms with Crippen LogP contribution in [-0.2, 0) is 11.3 Å². The van der Waals surface area contributed by atoms with Crippen molar-refractivity contribution in [3.05, 3.63) is 29.8 Å². The highest BCUT2D eigenvalue weighted by Crippen LogP contribution is 2.16. The van der Waals surface area contributed by atoms with Crippen LogP contribution in [0.5, 0.6) is 5.75 Å². The zero-order valence-electron chi connectivity index (χ0n) is 9.78. The maximum absolute atomic E-state index is 11.8. The van der Waals surface area contributed by atoms with E-state index < -0.39 is 0 Å². The largest absolute Gasteiger partial charge is 0.508 e. The molecule has 0 spiro atoms. The number of amides is 1. The SMILES string of the molecule is O=C(NCc1ccccc1O)[C@@H]1CCCNC1. The van der Waals surface area contributed by atoms with Gasteiger partial charge in [0.1, 0.15) is 5.75 Å². The number of hydrogen-bond donors (Lipinski definition) is 3. The van der Waals surface area contributed by atoms with Crippen molar-refractivity contribution in [1.29, 1.82) is 0 Å². The van der Waals surface area contributed by atoms with Crippen LogP contribution in [0.2, 0.25) is 0 Å². The molecule has 1 aromatic carbocycles. The highest BCUT2D eigenvalue weighted by molar-refractivity contribution is 5.79. The minimum Gasteiger partial charge on any atom is -0.508 e. The zero-order chi connectivity index (χ0) is 12.1. The molecular formula is C13H18N2O2. The number of nitrogens with one attached hydrogen (secondary N) is 2. The second-order valence-corrected chi connectivity index (χ2v) is 4.39. The topological polar surface area (TPSA) is 61.4 Å². The number of phenols is 1. The molecule has 0 radical (unpaired) electrons. The first-order chi connectivity index (χ1) is 8.27. The molecule has 2 rings (SSSR count). The number of carbonyl (C=O) groups excluding carboxylic acids is 1.